The van der Waals surface area contributed by atoms with E-state index in [4.69, 9.17) is 21.7 Å². The number of ether oxygens (including phenoxy) is 2. The molecule has 1 saturated heterocycles. The molecule has 0 radical (unpaired) electrons. The summed E-state index contributed by atoms with van der Waals surface area (Å²) in [5.41, 5.74) is 2.09. The fourth-order valence-corrected chi connectivity index (χ4v) is 3.65. The van der Waals surface area contributed by atoms with Gasteiger partial charge in [0.25, 0.3) is 0 Å². The monoisotopic (exact) mass is 448 g/mol. The summed E-state index contributed by atoms with van der Waals surface area (Å²) in [6.07, 6.45) is 2.40. The minimum absolute atomic E-state index is 0.217. The van der Waals surface area contributed by atoms with Crippen molar-refractivity contribution in [1.82, 2.24) is 4.90 Å². The fourth-order valence-electron chi connectivity index (χ4n) is 3.13. The van der Waals surface area contributed by atoms with Crippen molar-refractivity contribution in [3.8, 4) is 5.75 Å². The Morgan fingerprint density at radius 3 is 2.74 bits per heavy atom. The molecule has 1 heterocycles. The molecular formula is C21H25BrN2O2S. The summed E-state index contributed by atoms with van der Waals surface area (Å²) in [5, 5.41) is 4.05. The van der Waals surface area contributed by atoms with Gasteiger partial charge < -0.3 is 19.7 Å². The quantitative estimate of drug-likeness (QED) is 0.586. The van der Waals surface area contributed by atoms with Gasteiger partial charge in [0.05, 0.1) is 12.7 Å². The van der Waals surface area contributed by atoms with Crippen LogP contribution in [0.1, 0.15) is 25.3 Å². The number of hydrogen-bond donors (Lipinski definition) is 1. The highest BCUT2D eigenvalue weighted by Gasteiger charge is 2.22. The van der Waals surface area contributed by atoms with Crippen molar-refractivity contribution in [1.29, 1.82) is 0 Å². The number of nitrogens with zero attached hydrogens (tertiary/aromatic N) is 1. The summed E-state index contributed by atoms with van der Waals surface area (Å²) in [6.45, 7) is 4.92. The molecule has 6 heteroatoms. The molecule has 0 spiro atoms. The van der Waals surface area contributed by atoms with Gasteiger partial charge in [0.1, 0.15) is 5.75 Å². The van der Waals surface area contributed by atoms with Gasteiger partial charge in [-0.15, -0.1) is 0 Å². The second kappa shape index (κ2) is 10.1. The molecule has 27 heavy (non-hydrogen) atoms. The Bertz CT molecular complexity index is 748. The largest absolute Gasteiger partial charge is 0.494 e. The first-order valence-electron chi connectivity index (χ1n) is 9.29. The third-order valence-electron chi connectivity index (χ3n) is 4.46. The maximum atomic E-state index is 5.85. The van der Waals surface area contributed by atoms with Gasteiger partial charge in [-0.1, -0.05) is 34.1 Å². The van der Waals surface area contributed by atoms with Crippen LogP contribution in [0.3, 0.4) is 0 Å². The molecule has 1 aliphatic rings. The number of anilines is 1. The van der Waals surface area contributed by atoms with Gasteiger partial charge in [-0.25, -0.2) is 0 Å². The van der Waals surface area contributed by atoms with Crippen LogP contribution in [0.15, 0.2) is 53.0 Å². The fraction of sp³-hybridized carbons (Fsp3) is 0.381. The maximum Gasteiger partial charge on any atom is 0.173 e. The molecule has 2 aromatic rings. The molecular weight excluding hydrogens is 424 g/mol. The van der Waals surface area contributed by atoms with E-state index in [-0.39, 0.29) is 6.10 Å². The second-order valence-electron chi connectivity index (χ2n) is 6.49. The van der Waals surface area contributed by atoms with Crippen LogP contribution in [0.2, 0.25) is 0 Å². The van der Waals surface area contributed by atoms with E-state index in [9.17, 15) is 0 Å². The summed E-state index contributed by atoms with van der Waals surface area (Å²) >= 11 is 9.20. The topological polar surface area (TPSA) is 33.7 Å². The van der Waals surface area contributed by atoms with Crippen molar-refractivity contribution in [2.24, 2.45) is 0 Å². The van der Waals surface area contributed by atoms with Crippen molar-refractivity contribution in [3.63, 3.8) is 0 Å². The first-order chi connectivity index (χ1) is 13.2. The Morgan fingerprint density at radius 2 is 2.04 bits per heavy atom. The lowest BCUT2D eigenvalue weighted by Crippen LogP contribution is -2.39. The Balaban J connectivity index is 1.75. The van der Waals surface area contributed by atoms with Gasteiger partial charge in [0.2, 0.25) is 0 Å². The highest BCUT2D eigenvalue weighted by atomic mass is 79.9. The molecule has 0 aromatic heterocycles. The van der Waals surface area contributed by atoms with Crippen molar-refractivity contribution < 1.29 is 9.47 Å². The Hall–Kier alpha value is -1.63. The molecule has 4 nitrogen and oxygen atoms in total. The van der Waals surface area contributed by atoms with E-state index < -0.39 is 0 Å². The van der Waals surface area contributed by atoms with Crippen molar-refractivity contribution in [3.05, 3.63) is 58.6 Å². The molecule has 1 unspecified atom stereocenters. The zero-order valence-electron chi connectivity index (χ0n) is 15.5. The van der Waals surface area contributed by atoms with E-state index in [0.717, 1.165) is 47.5 Å². The highest BCUT2D eigenvalue weighted by Crippen LogP contribution is 2.23. The average Bonchev–Trinajstić information content (AvgIpc) is 3.18. The van der Waals surface area contributed by atoms with Gasteiger partial charge in [-0.05, 0) is 62.3 Å². The number of benzene rings is 2. The van der Waals surface area contributed by atoms with E-state index in [1.54, 1.807) is 0 Å². The predicted octanol–water partition coefficient (Wildman–Crippen LogP) is 5.23. The van der Waals surface area contributed by atoms with Crippen molar-refractivity contribution in [2.75, 3.05) is 25.1 Å². The van der Waals surface area contributed by atoms with Gasteiger partial charge in [0, 0.05) is 35.4 Å². The van der Waals surface area contributed by atoms with Crippen molar-refractivity contribution >= 4 is 38.9 Å². The van der Waals surface area contributed by atoms with Crippen molar-refractivity contribution in [2.45, 2.75) is 32.4 Å². The number of para-hydroxylation sites is 1. The number of thiocarbonyl (C=S) groups is 1. The van der Waals surface area contributed by atoms with Crippen LogP contribution < -0.4 is 10.1 Å². The van der Waals surface area contributed by atoms with Crippen LogP contribution in [0.5, 0.6) is 5.75 Å². The minimum atomic E-state index is 0.217. The number of rotatable bonds is 7. The summed E-state index contributed by atoms with van der Waals surface area (Å²) in [5.74, 6) is 0.906. The third kappa shape index (κ3) is 5.92. The summed E-state index contributed by atoms with van der Waals surface area (Å²) in [4.78, 5) is 2.17. The van der Waals surface area contributed by atoms with Crippen LogP contribution in [-0.4, -0.2) is 35.9 Å². The Morgan fingerprint density at radius 1 is 1.26 bits per heavy atom. The molecule has 0 aliphatic carbocycles. The summed E-state index contributed by atoms with van der Waals surface area (Å²) in [7, 11) is 0. The SMILES string of the molecule is CCOc1ccccc1CN(CC1CCCO1)C(=S)Nc1ccc(Br)cc1. The van der Waals surface area contributed by atoms with Gasteiger partial charge >= 0.3 is 0 Å². The molecule has 3 rings (SSSR count). The summed E-state index contributed by atoms with van der Waals surface area (Å²) < 4.78 is 12.7. The smallest absolute Gasteiger partial charge is 0.173 e. The van der Waals surface area contributed by atoms with Crippen LogP contribution in [0, 0.1) is 0 Å². The first-order valence-corrected chi connectivity index (χ1v) is 10.5. The molecule has 1 atom stereocenters. The number of nitrogens with one attached hydrogen (secondary N) is 1. The van der Waals surface area contributed by atoms with Crippen LogP contribution >= 0.6 is 28.1 Å². The van der Waals surface area contributed by atoms with Crippen LogP contribution in [0.25, 0.3) is 0 Å². The predicted molar refractivity (Wildman–Crippen MR) is 117 cm³/mol. The maximum absolute atomic E-state index is 5.85. The number of halogens is 1. The molecule has 2 aromatic carbocycles. The van der Waals surface area contributed by atoms with E-state index >= 15 is 0 Å². The van der Waals surface area contributed by atoms with E-state index in [0.29, 0.717) is 18.3 Å². The minimum Gasteiger partial charge on any atom is -0.494 e. The molecule has 0 bridgehead atoms. The Kier molecular flexibility index (Phi) is 7.50. The second-order valence-corrected chi connectivity index (χ2v) is 7.80. The standard InChI is InChI=1S/C21H25BrN2O2S/c1-2-25-20-8-4-3-6-16(20)14-24(15-19-7-5-13-26-19)21(27)23-18-11-9-17(22)10-12-18/h3-4,6,8-12,19H,2,5,7,13-15H2,1H3,(H,23,27). The summed E-state index contributed by atoms with van der Waals surface area (Å²) in [6, 6.07) is 16.2. The Labute approximate surface area is 175 Å². The van der Waals surface area contributed by atoms with E-state index in [2.05, 4.69) is 32.2 Å². The first kappa shape index (κ1) is 20.1. The zero-order chi connectivity index (χ0) is 19.1. The van der Waals surface area contributed by atoms with Gasteiger partial charge in [-0.2, -0.15) is 0 Å². The van der Waals surface area contributed by atoms with Gasteiger partial charge in [-0.3, -0.25) is 0 Å². The lowest BCUT2D eigenvalue weighted by molar-refractivity contribution is 0.0903. The lowest BCUT2D eigenvalue weighted by atomic mass is 10.1. The molecule has 1 fully saturated rings. The number of hydrogen-bond acceptors (Lipinski definition) is 3. The lowest BCUT2D eigenvalue weighted by Gasteiger charge is -2.29. The molecule has 0 saturated carbocycles. The van der Waals surface area contributed by atoms with E-state index in [1.165, 1.54) is 0 Å². The molecule has 144 valence electrons. The average molecular weight is 449 g/mol. The molecule has 1 N–H and O–H groups in total. The van der Waals surface area contributed by atoms with Crippen LogP contribution in [0.4, 0.5) is 5.69 Å². The van der Waals surface area contributed by atoms with E-state index in [1.807, 2.05) is 49.4 Å². The molecule has 0 amide bonds. The van der Waals surface area contributed by atoms with Gasteiger partial charge in [0.15, 0.2) is 5.11 Å². The highest BCUT2D eigenvalue weighted by molar-refractivity contribution is 9.10. The zero-order valence-corrected chi connectivity index (χ0v) is 17.9. The van der Waals surface area contributed by atoms with Crippen LogP contribution in [-0.2, 0) is 11.3 Å². The third-order valence-corrected chi connectivity index (χ3v) is 5.35. The normalized spacial score (nSPS) is 16.1. The molecule has 1 aliphatic heterocycles.